The van der Waals surface area contributed by atoms with Gasteiger partial charge in [0.05, 0.1) is 6.54 Å². The molecule has 0 aliphatic carbocycles. The quantitative estimate of drug-likeness (QED) is 0.931. The predicted molar refractivity (Wildman–Crippen MR) is 79.4 cm³/mol. The van der Waals surface area contributed by atoms with Crippen molar-refractivity contribution in [1.29, 1.82) is 0 Å². The lowest BCUT2D eigenvalue weighted by Crippen LogP contribution is -2.49. The standard InChI is InChI=1S/C16H21N3O/c1-12-3-5-14(6-4-12)16-9-15(20-18-16)11-19-8-7-17-10-13(19)2/h3-6,9,13,17H,7-8,10-11H2,1-2H3/t13-/m1/s1. The first-order chi connectivity index (χ1) is 9.72. The number of benzene rings is 1. The van der Waals surface area contributed by atoms with Gasteiger partial charge in [-0.3, -0.25) is 4.90 Å². The maximum absolute atomic E-state index is 5.49. The van der Waals surface area contributed by atoms with Gasteiger partial charge in [-0.2, -0.15) is 0 Å². The molecule has 0 amide bonds. The largest absolute Gasteiger partial charge is 0.359 e. The smallest absolute Gasteiger partial charge is 0.151 e. The Morgan fingerprint density at radius 1 is 1.35 bits per heavy atom. The summed E-state index contributed by atoms with van der Waals surface area (Å²) in [5.41, 5.74) is 3.29. The fourth-order valence-electron chi connectivity index (χ4n) is 2.57. The highest BCUT2D eigenvalue weighted by Gasteiger charge is 2.19. The first-order valence-corrected chi connectivity index (χ1v) is 7.20. The van der Waals surface area contributed by atoms with Crippen molar-refractivity contribution in [3.8, 4) is 11.3 Å². The molecule has 1 fully saturated rings. The minimum atomic E-state index is 0.539. The van der Waals surface area contributed by atoms with Crippen molar-refractivity contribution in [3.05, 3.63) is 41.7 Å². The molecule has 0 spiro atoms. The van der Waals surface area contributed by atoms with Crippen molar-refractivity contribution >= 4 is 0 Å². The van der Waals surface area contributed by atoms with Crippen LogP contribution in [-0.2, 0) is 6.54 Å². The van der Waals surface area contributed by atoms with Crippen LogP contribution in [0.1, 0.15) is 18.2 Å². The second-order valence-electron chi connectivity index (χ2n) is 5.57. The van der Waals surface area contributed by atoms with Gasteiger partial charge in [0, 0.05) is 37.3 Å². The number of aryl methyl sites for hydroxylation is 1. The highest BCUT2D eigenvalue weighted by molar-refractivity contribution is 5.59. The summed E-state index contributed by atoms with van der Waals surface area (Å²) in [6.45, 7) is 8.30. The fourth-order valence-corrected chi connectivity index (χ4v) is 2.57. The molecule has 3 rings (SSSR count). The molecule has 4 nitrogen and oxygen atoms in total. The molecule has 1 aromatic carbocycles. The summed E-state index contributed by atoms with van der Waals surface area (Å²) in [6, 6.07) is 11.0. The first kappa shape index (κ1) is 13.3. The van der Waals surface area contributed by atoms with E-state index in [2.05, 4.69) is 59.6 Å². The van der Waals surface area contributed by atoms with Crippen LogP contribution in [0.2, 0.25) is 0 Å². The Hall–Kier alpha value is -1.65. The van der Waals surface area contributed by atoms with Crippen molar-refractivity contribution in [3.63, 3.8) is 0 Å². The van der Waals surface area contributed by atoms with E-state index in [0.717, 1.165) is 43.2 Å². The zero-order valence-electron chi connectivity index (χ0n) is 12.1. The van der Waals surface area contributed by atoms with Gasteiger partial charge in [-0.15, -0.1) is 0 Å². The summed E-state index contributed by atoms with van der Waals surface area (Å²) in [5, 5.41) is 7.59. The van der Waals surface area contributed by atoms with Crippen LogP contribution >= 0.6 is 0 Å². The maximum atomic E-state index is 5.49. The van der Waals surface area contributed by atoms with Gasteiger partial charge < -0.3 is 9.84 Å². The first-order valence-electron chi connectivity index (χ1n) is 7.20. The van der Waals surface area contributed by atoms with E-state index in [4.69, 9.17) is 4.52 Å². The van der Waals surface area contributed by atoms with E-state index in [1.165, 1.54) is 5.56 Å². The molecule has 4 heteroatoms. The molecule has 0 unspecified atom stereocenters. The molecule has 1 aliphatic heterocycles. The van der Waals surface area contributed by atoms with Crippen LogP contribution in [0.3, 0.4) is 0 Å². The fraction of sp³-hybridized carbons (Fsp3) is 0.438. The highest BCUT2D eigenvalue weighted by atomic mass is 16.5. The van der Waals surface area contributed by atoms with Crippen molar-refractivity contribution in [1.82, 2.24) is 15.4 Å². The third kappa shape index (κ3) is 2.92. The van der Waals surface area contributed by atoms with Gasteiger partial charge in [0.25, 0.3) is 0 Å². The number of nitrogens with zero attached hydrogens (tertiary/aromatic N) is 2. The number of piperazine rings is 1. The maximum Gasteiger partial charge on any atom is 0.151 e. The molecule has 1 atom stereocenters. The van der Waals surface area contributed by atoms with Gasteiger partial charge in [-0.1, -0.05) is 35.0 Å². The average molecular weight is 271 g/mol. The minimum absolute atomic E-state index is 0.539. The molecule has 1 aromatic heterocycles. The number of hydrogen-bond donors (Lipinski definition) is 1. The van der Waals surface area contributed by atoms with Crippen LogP contribution in [-0.4, -0.2) is 35.7 Å². The van der Waals surface area contributed by atoms with Crippen LogP contribution in [0.4, 0.5) is 0 Å². The second-order valence-corrected chi connectivity index (χ2v) is 5.57. The lowest BCUT2D eigenvalue weighted by molar-refractivity contribution is 0.149. The Labute approximate surface area is 119 Å². The van der Waals surface area contributed by atoms with Crippen molar-refractivity contribution in [2.75, 3.05) is 19.6 Å². The normalized spacial score (nSPS) is 20.2. The van der Waals surface area contributed by atoms with E-state index in [1.807, 2.05) is 0 Å². The molecule has 0 radical (unpaired) electrons. The molecule has 1 aliphatic rings. The van der Waals surface area contributed by atoms with Gasteiger partial charge in [-0.05, 0) is 13.8 Å². The van der Waals surface area contributed by atoms with E-state index in [-0.39, 0.29) is 0 Å². The van der Waals surface area contributed by atoms with Crippen molar-refractivity contribution in [2.45, 2.75) is 26.4 Å². The Kier molecular flexibility index (Phi) is 3.85. The molecule has 20 heavy (non-hydrogen) atoms. The van der Waals surface area contributed by atoms with Gasteiger partial charge in [-0.25, -0.2) is 0 Å². The summed E-state index contributed by atoms with van der Waals surface area (Å²) >= 11 is 0. The van der Waals surface area contributed by atoms with E-state index in [9.17, 15) is 0 Å². The lowest BCUT2D eigenvalue weighted by Gasteiger charge is -2.32. The lowest BCUT2D eigenvalue weighted by atomic mass is 10.1. The summed E-state index contributed by atoms with van der Waals surface area (Å²) in [7, 11) is 0. The summed E-state index contributed by atoms with van der Waals surface area (Å²) in [6.07, 6.45) is 0. The summed E-state index contributed by atoms with van der Waals surface area (Å²) in [4.78, 5) is 2.43. The molecular weight excluding hydrogens is 250 g/mol. The number of nitrogens with one attached hydrogen (secondary N) is 1. The van der Waals surface area contributed by atoms with Crippen molar-refractivity contribution in [2.24, 2.45) is 0 Å². The average Bonchev–Trinajstić information content (AvgIpc) is 2.91. The molecular formula is C16H21N3O. The second kappa shape index (κ2) is 5.77. The molecule has 2 aromatic rings. The number of hydrogen-bond acceptors (Lipinski definition) is 4. The monoisotopic (exact) mass is 271 g/mol. The SMILES string of the molecule is Cc1ccc(-c2cc(CN3CCNC[C@H]3C)on2)cc1. The molecule has 1 saturated heterocycles. The zero-order valence-corrected chi connectivity index (χ0v) is 12.1. The van der Waals surface area contributed by atoms with E-state index < -0.39 is 0 Å². The van der Waals surface area contributed by atoms with E-state index in [1.54, 1.807) is 0 Å². The Balaban J connectivity index is 1.71. The zero-order chi connectivity index (χ0) is 13.9. The van der Waals surface area contributed by atoms with Gasteiger partial charge in [0.2, 0.25) is 0 Å². The van der Waals surface area contributed by atoms with Crippen LogP contribution in [0.5, 0.6) is 0 Å². The number of aromatic nitrogens is 1. The van der Waals surface area contributed by atoms with Crippen LogP contribution in [0.15, 0.2) is 34.9 Å². The van der Waals surface area contributed by atoms with E-state index >= 15 is 0 Å². The third-order valence-electron chi connectivity index (χ3n) is 3.90. The minimum Gasteiger partial charge on any atom is -0.359 e. The van der Waals surface area contributed by atoms with Gasteiger partial charge in [0.1, 0.15) is 5.69 Å². The van der Waals surface area contributed by atoms with Gasteiger partial charge >= 0.3 is 0 Å². The summed E-state index contributed by atoms with van der Waals surface area (Å²) < 4.78 is 5.49. The Morgan fingerprint density at radius 3 is 2.90 bits per heavy atom. The molecule has 106 valence electrons. The van der Waals surface area contributed by atoms with Crippen molar-refractivity contribution < 1.29 is 4.52 Å². The Morgan fingerprint density at radius 2 is 2.15 bits per heavy atom. The molecule has 1 N–H and O–H groups in total. The number of rotatable bonds is 3. The molecule has 0 saturated carbocycles. The van der Waals surface area contributed by atoms with Crippen LogP contribution < -0.4 is 5.32 Å². The van der Waals surface area contributed by atoms with Crippen LogP contribution in [0, 0.1) is 6.92 Å². The Bertz CT molecular complexity index is 561. The third-order valence-corrected chi connectivity index (χ3v) is 3.90. The van der Waals surface area contributed by atoms with Crippen LogP contribution in [0.25, 0.3) is 11.3 Å². The highest BCUT2D eigenvalue weighted by Crippen LogP contribution is 2.21. The molecule has 2 heterocycles. The van der Waals surface area contributed by atoms with E-state index in [0.29, 0.717) is 6.04 Å². The van der Waals surface area contributed by atoms with Gasteiger partial charge in [0.15, 0.2) is 5.76 Å². The summed E-state index contributed by atoms with van der Waals surface area (Å²) in [5.74, 6) is 0.939. The predicted octanol–water partition coefficient (Wildman–Crippen LogP) is 2.44. The molecule has 0 bridgehead atoms. The topological polar surface area (TPSA) is 41.3 Å².